The number of aliphatic hydroxyl groups excluding tert-OH is 1. The van der Waals surface area contributed by atoms with Crippen LogP contribution in [0.5, 0.6) is 0 Å². The van der Waals surface area contributed by atoms with Crippen molar-refractivity contribution in [1.29, 1.82) is 0 Å². The molecule has 1 atom stereocenters. The molecule has 0 spiro atoms. The summed E-state index contributed by atoms with van der Waals surface area (Å²) in [5.74, 6) is 0.925. The minimum atomic E-state index is -0.190. The molecule has 0 radical (unpaired) electrons. The van der Waals surface area contributed by atoms with Crippen molar-refractivity contribution in [2.45, 2.75) is 44.8 Å². The molecule has 0 amide bonds. The van der Waals surface area contributed by atoms with Gasteiger partial charge in [0.15, 0.2) is 0 Å². The molecule has 0 bridgehead atoms. The SMILES string of the molecule is CCN(CC(O)CNC1CC1)CC1CC1. The number of rotatable bonds is 8. The van der Waals surface area contributed by atoms with Gasteiger partial charge >= 0.3 is 0 Å². The lowest BCUT2D eigenvalue weighted by Crippen LogP contribution is -2.39. The standard InChI is InChI=1S/C12H24N2O/c1-2-14(8-10-3-4-10)9-12(15)7-13-11-5-6-11/h10-13,15H,2-9H2,1H3. The first kappa shape index (κ1) is 11.4. The van der Waals surface area contributed by atoms with E-state index in [9.17, 15) is 5.11 Å². The number of nitrogens with one attached hydrogen (secondary N) is 1. The molecule has 2 N–H and O–H groups in total. The van der Waals surface area contributed by atoms with Crippen LogP contribution in [0.15, 0.2) is 0 Å². The first-order chi connectivity index (χ1) is 7.28. The van der Waals surface area contributed by atoms with Crippen LogP contribution in [0.3, 0.4) is 0 Å². The topological polar surface area (TPSA) is 35.5 Å². The smallest absolute Gasteiger partial charge is 0.0791 e. The predicted molar refractivity (Wildman–Crippen MR) is 61.9 cm³/mol. The molecule has 2 fully saturated rings. The molecule has 2 rings (SSSR count). The molecule has 3 heteroatoms. The van der Waals surface area contributed by atoms with Crippen molar-refractivity contribution in [2.75, 3.05) is 26.2 Å². The van der Waals surface area contributed by atoms with Crippen molar-refractivity contribution in [3.63, 3.8) is 0 Å². The molecule has 0 aromatic carbocycles. The first-order valence-electron chi connectivity index (χ1n) is 6.41. The summed E-state index contributed by atoms with van der Waals surface area (Å²) in [4.78, 5) is 2.39. The lowest BCUT2D eigenvalue weighted by molar-refractivity contribution is 0.111. The molecule has 15 heavy (non-hydrogen) atoms. The Morgan fingerprint density at radius 3 is 2.60 bits per heavy atom. The van der Waals surface area contributed by atoms with E-state index in [1.807, 2.05) is 0 Å². The van der Waals surface area contributed by atoms with E-state index in [0.717, 1.165) is 25.6 Å². The molecule has 0 aromatic heterocycles. The third-order valence-corrected chi connectivity index (χ3v) is 3.35. The van der Waals surface area contributed by atoms with Gasteiger partial charge in [-0.1, -0.05) is 6.92 Å². The maximum atomic E-state index is 9.86. The van der Waals surface area contributed by atoms with E-state index in [1.165, 1.54) is 32.2 Å². The molecule has 2 aliphatic rings. The minimum Gasteiger partial charge on any atom is -0.390 e. The highest BCUT2D eigenvalue weighted by atomic mass is 16.3. The average Bonchev–Trinajstić information content (AvgIpc) is 3.08. The molecule has 1 unspecified atom stereocenters. The van der Waals surface area contributed by atoms with Gasteiger partial charge in [-0.3, -0.25) is 0 Å². The van der Waals surface area contributed by atoms with Crippen LogP contribution in [-0.4, -0.2) is 48.3 Å². The van der Waals surface area contributed by atoms with Crippen LogP contribution < -0.4 is 5.32 Å². The van der Waals surface area contributed by atoms with Gasteiger partial charge < -0.3 is 15.3 Å². The zero-order chi connectivity index (χ0) is 10.7. The highest BCUT2D eigenvalue weighted by Crippen LogP contribution is 2.29. The summed E-state index contributed by atoms with van der Waals surface area (Å²) in [7, 11) is 0. The van der Waals surface area contributed by atoms with E-state index in [-0.39, 0.29) is 6.10 Å². The van der Waals surface area contributed by atoms with Crippen molar-refractivity contribution in [3.05, 3.63) is 0 Å². The lowest BCUT2D eigenvalue weighted by atomic mass is 10.3. The van der Waals surface area contributed by atoms with Crippen LogP contribution in [-0.2, 0) is 0 Å². The number of hydrogen-bond acceptors (Lipinski definition) is 3. The average molecular weight is 212 g/mol. The van der Waals surface area contributed by atoms with Gasteiger partial charge in [0, 0.05) is 25.7 Å². The fourth-order valence-corrected chi connectivity index (χ4v) is 1.95. The molecule has 0 saturated heterocycles. The van der Waals surface area contributed by atoms with Crippen molar-refractivity contribution in [2.24, 2.45) is 5.92 Å². The van der Waals surface area contributed by atoms with Crippen LogP contribution in [0, 0.1) is 5.92 Å². The maximum absolute atomic E-state index is 9.86. The van der Waals surface area contributed by atoms with E-state index >= 15 is 0 Å². The van der Waals surface area contributed by atoms with Gasteiger partial charge in [-0.2, -0.15) is 0 Å². The normalized spacial score (nSPS) is 23.4. The highest BCUT2D eigenvalue weighted by molar-refractivity contribution is 4.83. The van der Waals surface area contributed by atoms with Crippen LogP contribution >= 0.6 is 0 Å². The third-order valence-electron chi connectivity index (χ3n) is 3.35. The van der Waals surface area contributed by atoms with Gasteiger partial charge in [0.1, 0.15) is 0 Å². The highest BCUT2D eigenvalue weighted by Gasteiger charge is 2.25. The number of aliphatic hydroxyl groups is 1. The van der Waals surface area contributed by atoms with Gasteiger partial charge in [-0.25, -0.2) is 0 Å². The second-order valence-electron chi connectivity index (χ2n) is 5.13. The summed E-state index contributed by atoms with van der Waals surface area (Å²) in [5, 5.41) is 13.2. The Balaban J connectivity index is 1.58. The molecule has 0 heterocycles. The van der Waals surface area contributed by atoms with Crippen molar-refractivity contribution >= 4 is 0 Å². The van der Waals surface area contributed by atoms with Gasteiger partial charge in [0.05, 0.1) is 6.10 Å². The van der Waals surface area contributed by atoms with E-state index in [1.54, 1.807) is 0 Å². The summed E-state index contributed by atoms with van der Waals surface area (Å²) >= 11 is 0. The minimum absolute atomic E-state index is 0.190. The Labute approximate surface area is 92.8 Å². The van der Waals surface area contributed by atoms with Crippen LogP contribution in [0.25, 0.3) is 0 Å². The van der Waals surface area contributed by atoms with Crippen LogP contribution in [0.1, 0.15) is 32.6 Å². The Morgan fingerprint density at radius 2 is 2.07 bits per heavy atom. The summed E-state index contributed by atoms with van der Waals surface area (Å²) in [6.45, 7) is 6.05. The lowest BCUT2D eigenvalue weighted by Gasteiger charge is -2.23. The zero-order valence-electron chi connectivity index (χ0n) is 9.78. The second-order valence-corrected chi connectivity index (χ2v) is 5.13. The Morgan fingerprint density at radius 1 is 1.33 bits per heavy atom. The molecule has 2 saturated carbocycles. The zero-order valence-corrected chi connectivity index (χ0v) is 9.78. The van der Waals surface area contributed by atoms with Gasteiger partial charge in [-0.05, 0) is 38.1 Å². The summed E-state index contributed by atoms with van der Waals surface area (Å²) in [6.07, 6.45) is 5.20. The van der Waals surface area contributed by atoms with Gasteiger partial charge in [-0.15, -0.1) is 0 Å². The van der Waals surface area contributed by atoms with E-state index in [4.69, 9.17) is 0 Å². The number of hydrogen-bond donors (Lipinski definition) is 2. The third kappa shape index (κ3) is 4.49. The molecule has 2 aliphatic carbocycles. The van der Waals surface area contributed by atoms with Crippen molar-refractivity contribution in [1.82, 2.24) is 10.2 Å². The van der Waals surface area contributed by atoms with E-state index < -0.39 is 0 Å². The molecular weight excluding hydrogens is 188 g/mol. The number of nitrogens with zero attached hydrogens (tertiary/aromatic N) is 1. The van der Waals surface area contributed by atoms with E-state index in [0.29, 0.717) is 6.04 Å². The largest absolute Gasteiger partial charge is 0.390 e. The van der Waals surface area contributed by atoms with Crippen LogP contribution in [0.4, 0.5) is 0 Å². The van der Waals surface area contributed by atoms with Gasteiger partial charge in [0.25, 0.3) is 0 Å². The monoisotopic (exact) mass is 212 g/mol. The molecule has 3 nitrogen and oxygen atoms in total. The number of likely N-dealkylation sites (N-methyl/N-ethyl adjacent to an activating group) is 1. The summed E-state index contributed by atoms with van der Waals surface area (Å²) in [5.41, 5.74) is 0. The predicted octanol–water partition coefficient (Wildman–Crippen LogP) is 0.831. The summed E-state index contributed by atoms with van der Waals surface area (Å²) < 4.78 is 0. The second kappa shape index (κ2) is 5.28. The molecule has 0 aromatic rings. The van der Waals surface area contributed by atoms with Crippen molar-refractivity contribution < 1.29 is 5.11 Å². The first-order valence-corrected chi connectivity index (χ1v) is 6.41. The molecule has 0 aliphatic heterocycles. The van der Waals surface area contributed by atoms with Crippen LogP contribution in [0.2, 0.25) is 0 Å². The summed E-state index contributed by atoms with van der Waals surface area (Å²) in [6, 6.07) is 0.707. The fraction of sp³-hybridized carbons (Fsp3) is 1.00. The Bertz CT molecular complexity index is 190. The molecular formula is C12H24N2O. The Kier molecular flexibility index (Phi) is 4.00. The van der Waals surface area contributed by atoms with E-state index in [2.05, 4.69) is 17.1 Å². The maximum Gasteiger partial charge on any atom is 0.0791 e. The van der Waals surface area contributed by atoms with Crippen molar-refractivity contribution in [3.8, 4) is 0 Å². The quantitative estimate of drug-likeness (QED) is 0.625. The molecule has 88 valence electrons. The fourth-order valence-electron chi connectivity index (χ4n) is 1.95. The Hall–Kier alpha value is -0.120. The van der Waals surface area contributed by atoms with Gasteiger partial charge in [0.2, 0.25) is 0 Å².